The molecule has 0 N–H and O–H groups in total. The Morgan fingerprint density at radius 2 is 1.51 bits per heavy atom. The average Bonchev–Trinajstić information content (AvgIpc) is 2.93. The third kappa shape index (κ3) is 7.97. The van der Waals surface area contributed by atoms with Gasteiger partial charge >= 0.3 is 12.3 Å². The zero-order chi connectivity index (χ0) is 28.4. The topological polar surface area (TPSA) is 82.0 Å². The van der Waals surface area contributed by atoms with Crippen LogP contribution in [0.5, 0.6) is 11.5 Å². The number of halogens is 3. The molecule has 0 fully saturated rings. The van der Waals surface area contributed by atoms with Crippen LogP contribution < -0.4 is 9.64 Å². The maximum absolute atomic E-state index is 12.8. The molecule has 0 saturated carbocycles. The number of alkyl halides is 3. The van der Waals surface area contributed by atoms with E-state index in [9.17, 15) is 18.0 Å². The van der Waals surface area contributed by atoms with Crippen LogP contribution in [-0.4, -0.2) is 38.3 Å². The van der Waals surface area contributed by atoms with Gasteiger partial charge in [-0.05, 0) is 68.4 Å². The number of rotatable bonds is 10. The van der Waals surface area contributed by atoms with Gasteiger partial charge in [-0.1, -0.05) is 28.5 Å². The van der Waals surface area contributed by atoms with Crippen molar-refractivity contribution >= 4 is 23.2 Å². The lowest BCUT2D eigenvalue weighted by Crippen LogP contribution is -2.26. The molecule has 0 aliphatic carbocycles. The van der Waals surface area contributed by atoms with E-state index >= 15 is 0 Å². The third-order valence-corrected chi connectivity index (χ3v) is 5.40. The predicted octanol–water partition coefficient (Wildman–Crippen LogP) is 7.03. The molecular formula is C28H28F3N3O5. The summed E-state index contributed by atoms with van der Waals surface area (Å²) in [5.41, 5.74) is 2.08. The number of carbonyl (C=O) groups is 1. The molecule has 0 spiro atoms. The number of ether oxygens (including phenoxy) is 2. The first kappa shape index (κ1) is 29.0. The first-order valence-corrected chi connectivity index (χ1v) is 11.9. The number of carbonyl (C=O) groups excluding carboxylic acids is 1. The molecule has 0 unspecified atom stereocenters. The monoisotopic (exact) mass is 543 g/mol. The second-order valence-corrected chi connectivity index (χ2v) is 8.11. The normalized spacial score (nSPS) is 12.1. The van der Waals surface area contributed by atoms with Crippen LogP contribution in [-0.2, 0) is 27.2 Å². The summed E-state index contributed by atoms with van der Waals surface area (Å²) in [6, 6.07) is 18.4. The van der Waals surface area contributed by atoms with Gasteiger partial charge in [0.2, 0.25) is 0 Å². The molecule has 206 valence electrons. The second kappa shape index (κ2) is 13.3. The fraction of sp³-hybridized carbons (Fsp3) is 0.250. The number of nitrogens with zero attached hydrogens (tertiary/aromatic N) is 3. The van der Waals surface area contributed by atoms with E-state index in [1.165, 1.54) is 24.1 Å². The highest BCUT2D eigenvalue weighted by atomic mass is 19.4. The maximum atomic E-state index is 12.8. The lowest BCUT2D eigenvalue weighted by molar-refractivity contribution is -0.137. The Labute approximate surface area is 224 Å². The molecule has 0 bridgehead atoms. The Bertz CT molecular complexity index is 1310. The largest absolute Gasteiger partial charge is 0.457 e. The van der Waals surface area contributed by atoms with Crippen molar-refractivity contribution in [2.45, 2.75) is 26.6 Å². The molecule has 11 heteroatoms. The summed E-state index contributed by atoms with van der Waals surface area (Å²) in [4.78, 5) is 24.1. The highest BCUT2D eigenvalue weighted by Gasteiger charge is 2.30. The van der Waals surface area contributed by atoms with Crippen molar-refractivity contribution < 1.29 is 37.1 Å². The molecule has 0 aliphatic heterocycles. The fourth-order valence-corrected chi connectivity index (χ4v) is 3.42. The number of anilines is 1. The third-order valence-electron chi connectivity index (χ3n) is 5.40. The van der Waals surface area contributed by atoms with Gasteiger partial charge < -0.3 is 19.1 Å². The van der Waals surface area contributed by atoms with E-state index in [2.05, 4.69) is 10.3 Å². The summed E-state index contributed by atoms with van der Waals surface area (Å²) in [6.07, 6.45) is -4.93. The van der Waals surface area contributed by atoms with E-state index in [4.69, 9.17) is 19.1 Å². The van der Waals surface area contributed by atoms with Crippen LogP contribution in [0, 0.1) is 0 Å². The average molecular weight is 544 g/mol. The standard InChI is InChI=1S/C28H28F3N3O5/c1-5-37-33-26(19(2)32-38-18-21-8-6-7-9-25(21)34(3)27(35)36-4)20-10-14-23(15-11-20)39-24-16-12-22(13-17-24)28(29,30)31/h6-17H,5,18H2,1-4H3. The van der Waals surface area contributed by atoms with E-state index in [-0.39, 0.29) is 12.4 Å². The van der Waals surface area contributed by atoms with Gasteiger partial charge in [-0.3, -0.25) is 4.90 Å². The van der Waals surface area contributed by atoms with Crippen LogP contribution in [0.1, 0.15) is 30.5 Å². The van der Waals surface area contributed by atoms with Gasteiger partial charge in [-0.25, -0.2) is 4.79 Å². The van der Waals surface area contributed by atoms with Crippen molar-refractivity contribution in [1.82, 2.24) is 0 Å². The van der Waals surface area contributed by atoms with Crippen molar-refractivity contribution in [3.63, 3.8) is 0 Å². The highest BCUT2D eigenvalue weighted by Crippen LogP contribution is 2.31. The fourth-order valence-electron chi connectivity index (χ4n) is 3.42. The van der Waals surface area contributed by atoms with Gasteiger partial charge in [0.15, 0.2) is 0 Å². The van der Waals surface area contributed by atoms with Crippen molar-refractivity contribution in [3.8, 4) is 11.5 Å². The summed E-state index contributed by atoms with van der Waals surface area (Å²) < 4.78 is 48.8. The molecule has 3 aromatic rings. The summed E-state index contributed by atoms with van der Waals surface area (Å²) in [5.74, 6) is 0.690. The molecule has 0 aromatic heterocycles. The Morgan fingerprint density at radius 3 is 2.10 bits per heavy atom. The maximum Gasteiger partial charge on any atom is 0.416 e. The SMILES string of the molecule is CCON=C(C(C)=NOCc1ccccc1N(C)C(=O)OC)c1ccc(Oc2ccc(C(F)(F)F)cc2)cc1. The first-order valence-electron chi connectivity index (χ1n) is 11.9. The minimum Gasteiger partial charge on any atom is -0.457 e. The van der Waals surface area contributed by atoms with Gasteiger partial charge in [0.25, 0.3) is 0 Å². The summed E-state index contributed by atoms with van der Waals surface area (Å²) in [6.45, 7) is 3.91. The number of benzene rings is 3. The lowest BCUT2D eigenvalue weighted by Gasteiger charge is -2.18. The van der Waals surface area contributed by atoms with E-state index in [0.717, 1.165) is 17.7 Å². The molecule has 3 aromatic carbocycles. The van der Waals surface area contributed by atoms with Crippen molar-refractivity contribution in [3.05, 3.63) is 89.5 Å². The number of hydrogen-bond donors (Lipinski definition) is 0. The number of oxime groups is 2. The van der Waals surface area contributed by atoms with Gasteiger partial charge in [-0.2, -0.15) is 13.2 Å². The lowest BCUT2D eigenvalue weighted by atomic mass is 10.1. The molecule has 39 heavy (non-hydrogen) atoms. The van der Waals surface area contributed by atoms with E-state index in [1.807, 2.05) is 12.1 Å². The molecule has 0 aliphatic rings. The minimum atomic E-state index is -4.41. The van der Waals surface area contributed by atoms with Crippen LogP contribution in [0.25, 0.3) is 0 Å². The van der Waals surface area contributed by atoms with Crippen LogP contribution >= 0.6 is 0 Å². The Balaban J connectivity index is 1.72. The summed E-state index contributed by atoms with van der Waals surface area (Å²) in [7, 11) is 2.90. The van der Waals surface area contributed by atoms with Crippen molar-refractivity contribution in [2.24, 2.45) is 10.3 Å². The van der Waals surface area contributed by atoms with Gasteiger partial charge in [0.1, 0.15) is 36.1 Å². The number of hydrogen-bond acceptors (Lipinski definition) is 7. The van der Waals surface area contributed by atoms with Crippen molar-refractivity contribution in [2.75, 3.05) is 25.7 Å². The Hall–Kier alpha value is -4.54. The second-order valence-electron chi connectivity index (χ2n) is 8.11. The van der Waals surface area contributed by atoms with Gasteiger partial charge in [0, 0.05) is 18.2 Å². The number of methoxy groups -OCH3 is 1. The van der Waals surface area contributed by atoms with Crippen LogP contribution in [0.2, 0.25) is 0 Å². The molecule has 1 amide bonds. The molecule has 3 rings (SSSR count). The quantitative estimate of drug-likeness (QED) is 0.203. The van der Waals surface area contributed by atoms with E-state index in [1.54, 1.807) is 57.3 Å². The van der Waals surface area contributed by atoms with Gasteiger partial charge in [-0.15, -0.1) is 0 Å². The zero-order valence-electron chi connectivity index (χ0n) is 21.9. The van der Waals surface area contributed by atoms with Crippen molar-refractivity contribution in [1.29, 1.82) is 0 Å². The zero-order valence-corrected chi connectivity index (χ0v) is 21.9. The number of para-hydroxylation sites is 1. The van der Waals surface area contributed by atoms with Crippen LogP contribution in [0.15, 0.2) is 83.1 Å². The number of amides is 1. The molecule has 0 atom stereocenters. The molecule has 0 saturated heterocycles. The Kier molecular flexibility index (Phi) is 9.91. The van der Waals surface area contributed by atoms with Crippen LogP contribution in [0.3, 0.4) is 0 Å². The van der Waals surface area contributed by atoms with E-state index in [0.29, 0.717) is 35.0 Å². The predicted molar refractivity (Wildman–Crippen MR) is 141 cm³/mol. The Morgan fingerprint density at radius 1 is 0.897 bits per heavy atom. The summed E-state index contributed by atoms with van der Waals surface area (Å²) in [5, 5.41) is 8.33. The molecule has 0 radical (unpaired) electrons. The van der Waals surface area contributed by atoms with E-state index < -0.39 is 17.8 Å². The molecule has 0 heterocycles. The smallest absolute Gasteiger partial charge is 0.416 e. The minimum absolute atomic E-state index is 0.0800. The summed E-state index contributed by atoms with van der Waals surface area (Å²) >= 11 is 0. The highest BCUT2D eigenvalue weighted by molar-refractivity contribution is 6.47. The first-order chi connectivity index (χ1) is 18.6. The van der Waals surface area contributed by atoms with Crippen LogP contribution in [0.4, 0.5) is 23.7 Å². The van der Waals surface area contributed by atoms with Gasteiger partial charge in [0.05, 0.1) is 18.4 Å². The molecular weight excluding hydrogens is 515 g/mol. The molecule has 8 nitrogen and oxygen atoms in total.